The van der Waals surface area contributed by atoms with Gasteiger partial charge in [-0.05, 0) is 19.2 Å². The molecule has 1 aromatic rings. The Hall–Kier alpha value is -1.62. The highest BCUT2D eigenvalue weighted by Gasteiger charge is 2.02. The molecule has 0 bridgehead atoms. The number of likely N-dealkylation sites (N-methyl/N-ethyl adjacent to an activating group) is 1. The Balaban J connectivity index is 2.21. The summed E-state index contributed by atoms with van der Waals surface area (Å²) in [6, 6.07) is 5.93. The van der Waals surface area contributed by atoms with Crippen LogP contribution in [-0.4, -0.2) is 42.7 Å². The lowest BCUT2D eigenvalue weighted by molar-refractivity contribution is -0.137. The summed E-state index contributed by atoms with van der Waals surface area (Å²) >= 11 is 0. The Morgan fingerprint density at radius 1 is 1.47 bits per heavy atom. The zero-order valence-electron chi connectivity index (χ0n) is 9.73. The minimum Gasteiger partial charge on any atom is -0.492 e. The fraction of sp³-hybridized carbons (Fsp3) is 0.417. The summed E-state index contributed by atoms with van der Waals surface area (Å²) in [6.07, 6.45) is 0.108. The van der Waals surface area contributed by atoms with Gasteiger partial charge in [0.05, 0.1) is 6.42 Å². The number of aliphatic carboxylic acids is 1. The fourth-order valence-electron chi connectivity index (χ4n) is 1.27. The van der Waals surface area contributed by atoms with Crippen molar-refractivity contribution in [3.05, 3.63) is 30.1 Å². The third-order valence-corrected chi connectivity index (χ3v) is 2.25. The topological polar surface area (TPSA) is 49.8 Å². The Labute approximate surface area is 99.6 Å². The molecule has 0 spiro atoms. The quantitative estimate of drug-likeness (QED) is 0.788. The first kappa shape index (κ1) is 13.4. The first-order chi connectivity index (χ1) is 8.08. The first-order valence-electron chi connectivity index (χ1n) is 5.36. The summed E-state index contributed by atoms with van der Waals surface area (Å²) in [4.78, 5) is 12.2. The van der Waals surface area contributed by atoms with Crippen LogP contribution in [0.25, 0.3) is 0 Å². The Kier molecular flexibility index (Phi) is 5.42. The van der Waals surface area contributed by atoms with Crippen molar-refractivity contribution < 1.29 is 19.0 Å². The van der Waals surface area contributed by atoms with Gasteiger partial charge < -0.3 is 14.7 Å². The van der Waals surface area contributed by atoms with Crippen LogP contribution in [0.15, 0.2) is 24.3 Å². The van der Waals surface area contributed by atoms with Gasteiger partial charge in [-0.15, -0.1) is 0 Å². The third-order valence-electron chi connectivity index (χ3n) is 2.25. The van der Waals surface area contributed by atoms with Gasteiger partial charge >= 0.3 is 5.97 Å². The van der Waals surface area contributed by atoms with Crippen molar-refractivity contribution >= 4 is 5.97 Å². The van der Waals surface area contributed by atoms with Crippen LogP contribution in [0.5, 0.6) is 5.75 Å². The van der Waals surface area contributed by atoms with E-state index in [-0.39, 0.29) is 12.2 Å². The number of ether oxygens (including phenoxy) is 1. The fourth-order valence-corrected chi connectivity index (χ4v) is 1.27. The van der Waals surface area contributed by atoms with Gasteiger partial charge in [0.1, 0.15) is 18.2 Å². The van der Waals surface area contributed by atoms with Gasteiger partial charge in [-0.3, -0.25) is 4.79 Å². The van der Waals surface area contributed by atoms with Crippen LogP contribution >= 0.6 is 0 Å². The largest absolute Gasteiger partial charge is 0.492 e. The monoisotopic (exact) mass is 241 g/mol. The van der Waals surface area contributed by atoms with Crippen molar-refractivity contribution in [3.63, 3.8) is 0 Å². The summed E-state index contributed by atoms with van der Waals surface area (Å²) in [5, 5.41) is 8.50. The molecule has 0 heterocycles. The van der Waals surface area contributed by atoms with Gasteiger partial charge in [-0.2, -0.15) is 0 Å². The van der Waals surface area contributed by atoms with Crippen molar-refractivity contribution in [2.45, 2.75) is 6.42 Å². The SMILES string of the molecule is CN(CCOc1cccc(F)c1)CCC(=O)O. The molecule has 0 aliphatic carbocycles. The zero-order chi connectivity index (χ0) is 12.7. The average molecular weight is 241 g/mol. The van der Waals surface area contributed by atoms with Gasteiger partial charge in [0.2, 0.25) is 0 Å². The van der Waals surface area contributed by atoms with Crippen LogP contribution in [0.2, 0.25) is 0 Å². The average Bonchev–Trinajstić information content (AvgIpc) is 2.26. The maximum absolute atomic E-state index is 12.8. The standard InChI is InChI=1S/C12H16FNO3/c1-14(6-5-12(15)16)7-8-17-11-4-2-3-10(13)9-11/h2-4,9H,5-8H2,1H3,(H,15,16). The van der Waals surface area contributed by atoms with Gasteiger partial charge in [-0.25, -0.2) is 4.39 Å². The van der Waals surface area contributed by atoms with Crippen LogP contribution in [0.1, 0.15) is 6.42 Å². The van der Waals surface area contributed by atoms with Crippen molar-refractivity contribution in [3.8, 4) is 5.75 Å². The molecule has 1 rings (SSSR count). The predicted molar refractivity (Wildman–Crippen MR) is 61.6 cm³/mol. The molecule has 0 aliphatic heterocycles. The van der Waals surface area contributed by atoms with Crippen LogP contribution in [0.4, 0.5) is 4.39 Å². The van der Waals surface area contributed by atoms with Crippen LogP contribution < -0.4 is 4.74 Å². The van der Waals surface area contributed by atoms with Crippen molar-refractivity contribution in [2.24, 2.45) is 0 Å². The molecule has 17 heavy (non-hydrogen) atoms. The summed E-state index contributed by atoms with van der Waals surface area (Å²) in [5.41, 5.74) is 0. The van der Waals surface area contributed by atoms with E-state index < -0.39 is 5.97 Å². The highest BCUT2D eigenvalue weighted by Crippen LogP contribution is 2.11. The molecule has 0 atom stereocenters. The summed E-state index contributed by atoms with van der Waals surface area (Å²) in [6.45, 7) is 1.48. The number of hydrogen-bond donors (Lipinski definition) is 1. The molecule has 0 saturated carbocycles. The van der Waals surface area contributed by atoms with Crippen molar-refractivity contribution in [1.82, 2.24) is 4.90 Å². The second-order valence-electron chi connectivity index (χ2n) is 3.75. The smallest absolute Gasteiger partial charge is 0.304 e. The zero-order valence-corrected chi connectivity index (χ0v) is 9.73. The number of carbonyl (C=O) groups is 1. The Bertz CT molecular complexity index is 371. The van der Waals surface area contributed by atoms with E-state index >= 15 is 0 Å². The van der Waals surface area contributed by atoms with E-state index in [2.05, 4.69) is 0 Å². The molecule has 4 nitrogen and oxygen atoms in total. The number of halogens is 1. The lowest BCUT2D eigenvalue weighted by Crippen LogP contribution is -2.26. The lowest BCUT2D eigenvalue weighted by atomic mass is 10.3. The molecule has 5 heteroatoms. The van der Waals surface area contributed by atoms with Gasteiger partial charge in [0.15, 0.2) is 0 Å². The number of benzene rings is 1. The minimum atomic E-state index is -0.817. The van der Waals surface area contributed by atoms with E-state index in [9.17, 15) is 9.18 Å². The Morgan fingerprint density at radius 3 is 2.88 bits per heavy atom. The number of carboxylic acid groups (broad SMARTS) is 1. The van der Waals surface area contributed by atoms with Crippen LogP contribution in [0.3, 0.4) is 0 Å². The first-order valence-corrected chi connectivity index (χ1v) is 5.36. The van der Waals surface area contributed by atoms with Gasteiger partial charge in [0.25, 0.3) is 0 Å². The second kappa shape index (κ2) is 6.85. The maximum atomic E-state index is 12.8. The number of rotatable bonds is 7. The minimum absolute atomic E-state index is 0.108. The summed E-state index contributed by atoms with van der Waals surface area (Å²) in [5.74, 6) is -0.665. The molecular formula is C12H16FNO3. The maximum Gasteiger partial charge on any atom is 0.304 e. The summed E-state index contributed by atoms with van der Waals surface area (Å²) in [7, 11) is 1.82. The van der Waals surface area contributed by atoms with Gasteiger partial charge in [-0.1, -0.05) is 6.07 Å². The molecule has 0 aliphatic rings. The highest BCUT2D eigenvalue weighted by atomic mass is 19.1. The molecule has 0 radical (unpaired) electrons. The van der Waals surface area contributed by atoms with E-state index in [1.54, 1.807) is 12.1 Å². The van der Waals surface area contributed by atoms with E-state index in [0.717, 1.165) is 0 Å². The number of nitrogens with zero attached hydrogens (tertiary/aromatic N) is 1. The molecule has 0 saturated heterocycles. The molecule has 0 fully saturated rings. The molecule has 0 aromatic heterocycles. The van der Waals surface area contributed by atoms with Crippen LogP contribution in [-0.2, 0) is 4.79 Å². The van der Waals surface area contributed by atoms with E-state index in [4.69, 9.17) is 9.84 Å². The highest BCUT2D eigenvalue weighted by molar-refractivity contribution is 5.66. The van der Waals surface area contributed by atoms with E-state index in [1.165, 1.54) is 12.1 Å². The molecule has 1 N–H and O–H groups in total. The van der Waals surface area contributed by atoms with Crippen molar-refractivity contribution in [2.75, 3.05) is 26.7 Å². The van der Waals surface area contributed by atoms with Crippen molar-refractivity contribution in [1.29, 1.82) is 0 Å². The van der Waals surface area contributed by atoms with E-state index in [1.807, 2.05) is 11.9 Å². The third kappa shape index (κ3) is 5.87. The molecule has 94 valence electrons. The molecule has 0 amide bonds. The normalized spacial score (nSPS) is 10.5. The predicted octanol–water partition coefficient (Wildman–Crippen LogP) is 1.61. The van der Waals surface area contributed by atoms with E-state index in [0.29, 0.717) is 25.4 Å². The van der Waals surface area contributed by atoms with Crippen LogP contribution in [0, 0.1) is 5.82 Å². The van der Waals surface area contributed by atoms with Gasteiger partial charge in [0, 0.05) is 19.2 Å². The second-order valence-corrected chi connectivity index (χ2v) is 3.75. The number of hydrogen-bond acceptors (Lipinski definition) is 3. The Morgan fingerprint density at radius 2 is 2.24 bits per heavy atom. The number of carboxylic acids is 1. The lowest BCUT2D eigenvalue weighted by Gasteiger charge is -2.15. The molecule has 0 unspecified atom stereocenters. The summed E-state index contributed by atoms with van der Waals surface area (Å²) < 4.78 is 18.1. The molecule has 1 aromatic carbocycles. The molecular weight excluding hydrogens is 225 g/mol.